The molecule has 0 aliphatic heterocycles. The van der Waals surface area contributed by atoms with Gasteiger partial charge in [0.15, 0.2) is 5.75 Å². The van der Waals surface area contributed by atoms with Gasteiger partial charge in [0.25, 0.3) is 9.05 Å². The molecule has 0 amide bonds. The fourth-order valence-corrected chi connectivity index (χ4v) is 3.26. The second-order valence-electron chi connectivity index (χ2n) is 3.18. The maximum Gasteiger partial charge on any atom is 0.265 e. The fourth-order valence-electron chi connectivity index (χ4n) is 1.19. The summed E-state index contributed by atoms with van der Waals surface area (Å²) in [4.78, 5) is -0.159. The number of halogens is 3. The minimum atomic E-state index is -3.92. The predicted molar refractivity (Wildman–Crippen MR) is 75.8 cm³/mol. The maximum absolute atomic E-state index is 11.4. The second kappa shape index (κ2) is 6.67. The van der Waals surface area contributed by atoms with E-state index in [1.807, 2.05) is 0 Å². The molecule has 0 bridgehead atoms. The lowest BCUT2D eigenvalue weighted by atomic mass is 10.3. The molecule has 0 atom stereocenters. The summed E-state index contributed by atoms with van der Waals surface area (Å²) in [6.07, 6.45) is 0.477. The van der Waals surface area contributed by atoms with Crippen LogP contribution in [0.3, 0.4) is 0 Å². The van der Waals surface area contributed by atoms with E-state index in [1.54, 1.807) is 6.92 Å². The van der Waals surface area contributed by atoms with Gasteiger partial charge in [-0.15, -0.1) is 11.8 Å². The van der Waals surface area contributed by atoms with E-state index in [2.05, 4.69) is 27.8 Å². The van der Waals surface area contributed by atoms with Crippen molar-refractivity contribution in [3.8, 4) is 17.6 Å². The summed E-state index contributed by atoms with van der Waals surface area (Å²) < 4.78 is 28.7. The molecule has 18 heavy (non-hydrogen) atoms. The molecule has 0 aliphatic carbocycles. The minimum absolute atomic E-state index is 0.0489. The van der Waals surface area contributed by atoms with Crippen molar-refractivity contribution in [1.29, 1.82) is 0 Å². The summed E-state index contributed by atoms with van der Waals surface area (Å²) in [7, 11) is 1.41. The molecule has 3 nitrogen and oxygen atoms in total. The van der Waals surface area contributed by atoms with E-state index in [9.17, 15) is 8.42 Å². The summed E-state index contributed by atoms with van der Waals surface area (Å²) in [5.74, 6) is 5.55. The number of rotatable bonds is 4. The molecule has 0 aliphatic rings. The molecular formula is C11H9BrCl2O3S. The first-order valence-electron chi connectivity index (χ1n) is 4.82. The van der Waals surface area contributed by atoms with Gasteiger partial charge in [0.05, 0.1) is 11.6 Å². The predicted octanol–water partition coefficient (Wildman–Crippen LogP) is 3.82. The zero-order valence-corrected chi connectivity index (χ0v) is 13.3. The molecule has 1 rings (SSSR count). The van der Waals surface area contributed by atoms with Gasteiger partial charge in [-0.25, -0.2) is 8.42 Å². The lowest BCUT2D eigenvalue weighted by molar-refractivity contribution is 0.319. The standard InChI is InChI=1S/C11H9BrCl2O3S/c1-2-3-4-5-17-11-9(13)6-8(12)7-10(11)18(14,15)16/h6-7H,4-5H2,1H3. The van der Waals surface area contributed by atoms with Crippen LogP contribution in [0.15, 0.2) is 21.5 Å². The van der Waals surface area contributed by atoms with Crippen molar-refractivity contribution in [2.24, 2.45) is 0 Å². The van der Waals surface area contributed by atoms with Crippen LogP contribution in [0, 0.1) is 11.8 Å². The van der Waals surface area contributed by atoms with Gasteiger partial charge in [0.1, 0.15) is 4.90 Å². The average Bonchev–Trinajstić information content (AvgIpc) is 2.24. The zero-order valence-electron chi connectivity index (χ0n) is 9.34. The van der Waals surface area contributed by atoms with Crippen LogP contribution in [0.5, 0.6) is 5.75 Å². The summed E-state index contributed by atoms with van der Waals surface area (Å²) in [6.45, 7) is 1.95. The first-order valence-corrected chi connectivity index (χ1v) is 8.30. The number of hydrogen-bond acceptors (Lipinski definition) is 3. The van der Waals surface area contributed by atoms with Gasteiger partial charge in [-0.3, -0.25) is 0 Å². The van der Waals surface area contributed by atoms with Gasteiger partial charge in [-0.05, 0) is 19.1 Å². The van der Waals surface area contributed by atoms with Crippen LogP contribution in [0.2, 0.25) is 5.02 Å². The molecule has 0 unspecified atom stereocenters. The Bertz CT molecular complexity index is 603. The molecule has 0 saturated heterocycles. The van der Waals surface area contributed by atoms with Crippen molar-refractivity contribution in [1.82, 2.24) is 0 Å². The van der Waals surface area contributed by atoms with E-state index in [0.29, 0.717) is 10.9 Å². The molecule has 1 aromatic carbocycles. The van der Waals surface area contributed by atoms with Crippen molar-refractivity contribution in [3.63, 3.8) is 0 Å². The zero-order chi connectivity index (χ0) is 13.8. The summed E-state index contributed by atoms with van der Waals surface area (Å²) in [5.41, 5.74) is 0. The van der Waals surface area contributed by atoms with E-state index < -0.39 is 9.05 Å². The van der Waals surface area contributed by atoms with Crippen LogP contribution in [0.1, 0.15) is 13.3 Å². The third-order valence-corrected chi connectivity index (χ3v) is 3.95. The normalized spacial score (nSPS) is 10.7. The van der Waals surface area contributed by atoms with Gasteiger partial charge in [-0.1, -0.05) is 27.5 Å². The third kappa shape index (κ3) is 4.36. The highest BCUT2D eigenvalue weighted by molar-refractivity contribution is 9.10. The lowest BCUT2D eigenvalue weighted by Gasteiger charge is -2.11. The highest BCUT2D eigenvalue weighted by Crippen LogP contribution is 2.37. The third-order valence-electron chi connectivity index (χ3n) is 1.89. The second-order valence-corrected chi connectivity index (χ2v) is 7.04. The molecule has 0 radical (unpaired) electrons. The van der Waals surface area contributed by atoms with Crippen LogP contribution in [0.25, 0.3) is 0 Å². The molecule has 1 aromatic rings. The largest absolute Gasteiger partial charge is 0.490 e. The van der Waals surface area contributed by atoms with Gasteiger partial charge in [-0.2, -0.15) is 0 Å². The highest BCUT2D eigenvalue weighted by atomic mass is 79.9. The Morgan fingerprint density at radius 2 is 2.11 bits per heavy atom. The first-order chi connectivity index (χ1) is 8.36. The molecule has 0 spiro atoms. The van der Waals surface area contributed by atoms with Gasteiger partial charge in [0, 0.05) is 21.6 Å². The van der Waals surface area contributed by atoms with Crippen molar-refractivity contribution < 1.29 is 13.2 Å². The Labute approximate surface area is 124 Å². The van der Waals surface area contributed by atoms with E-state index in [0.717, 1.165) is 0 Å². The SMILES string of the molecule is CC#CCCOc1c(Cl)cc(Br)cc1S(=O)(=O)Cl. The Morgan fingerprint density at radius 3 is 2.67 bits per heavy atom. The molecule has 0 aromatic heterocycles. The van der Waals surface area contributed by atoms with Crippen LogP contribution >= 0.6 is 38.2 Å². The monoisotopic (exact) mass is 370 g/mol. The van der Waals surface area contributed by atoms with E-state index >= 15 is 0 Å². The van der Waals surface area contributed by atoms with Crippen molar-refractivity contribution in [2.45, 2.75) is 18.2 Å². The molecule has 7 heteroatoms. The van der Waals surface area contributed by atoms with Crippen molar-refractivity contribution in [3.05, 3.63) is 21.6 Å². The molecular weight excluding hydrogens is 363 g/mol. The Hall–Kier alpha value is -0.410. The number of hydrogen-bond donors (Lipinski definition) is 0. The fraction of sp³-hybridized carbons (Fsp3) is 0.273. The smallest absolute Gasteiger partial charge is 0.265 e. The van der Waals surface area contributed by atoms with Crippen molar-refractivity contribution >= 4 is 47.3 Å². The summed E-state index contributed by atoms with van der Waals surface area (Å²) in [5, 5.41) is 0.174. The van der Waals surface area contributed by atoms with E-state index in [-0.39, 0.29) is 22.3 Å². The minimum Gasteiger partial charge on any atom is -0.490 e. The average molecular weight is 372 g/mol. The van der Waals surface area contributed by atoms with Gasteiger partial charge >= 0.3 is 0 Å². The van der Waals surface area contributed by atoms with Gasteiger partial charge in [0.2, 0.25) is 0 Å². The molecule has 98 valence electrons. The van der Waals surface area contributed by atoms with E-state index in [1.165, 1.54) is 12.1 Å². The van der Waals surface area contributed by atoms with Crippen LogP contribution < -0.4 is 4.74 Å². The lowest BCUT2D eigenvalue weighted by Crippen LogP contribution is -2.02. The Kier molecular flexibility index (Phi) is 5.80. The molecule has 0 fully saturated rings. The summed E-state index contributed by atoms with van der Waals surface area (Å²) >= 11 is 9.09. The summed E-state index contributed by atoms with van der Waals surface area (Å²) in [6, 6.07) is 2.88. The highest BCUT2D eigenvalue weighted by Gasteiger charge is 2.20. The van der Waals surface area contributed by atoms with Gasteiger partial charge < -0.3 is 4.74 Å². The Morgan fingerprint density at radius 1 is 1.44 bits per heavy atom. The van der Waals surface area contributed by atoms with Crippen molar-refractivity contribution in [2.75, 3.05) is 6.61 Å². The molecule has 0 saturated carbocycles. The first kappa shape index (κ1) is 15.6. The molecule has 0 N–H and O–H groups in total. The topological polar surface area (TPSA) is 43.4 Å². The number of benzene rings is 1. The Balaban J connectivity index is 3.11. The van der Waals surface area contributed by atoms with Crippen LogP contribution in [-0.4, -0.2) is 15.0 Å². The van der Waals surface area contributed by atoms with Crippen LogP contribution in [0.4, 0.5) is 0 Å². The van der Waals surface area contributed by atoms with E-state index in [4.69, 9.17) is 27.0 Å². The maximum atomic E-state index is 11.4. The number of ether oxygens (including phenoxy) is 1. The van der Waals surface area contributed by atoms with Crippen LogP contribution in [-0.2, 0) is 9.05 Å². The quantitative estimate of drug-likeness (QED) is 0.459. The molecule has 0 heterocycles.